The van der Waals surface area contributed by atoms with Crippen LogP contribution < -0.4 is 4.74 Å². The van der Waals surface area contributed by atoms with Crippen LogP contribution in [0.1, 0.15) is 18.1 Å². The number of ether oxygens (including phenoxy) is 2. The highest BCUT2D eigenvalue weighted by Crippen LogP contribution is 2.39. The number of rotatable bonds is 8. The number of carbonyl (C=O) groups excluding carboxylic acids is 1. The third kappa shape index (κ3) is 6.19. The number of imidazole rings is 1. The van der Waals surface area contributed by atoms with E-state index in [1.54, 1.807) is 54.2 Å². The minimum atomic E-state index is -4.66. The Morgan fingerprint density at radius 3 is 2.41 bits per heavy atom. The highest BCUT2D eigenvalue weighted by Gasteiger charge is 2.34. The SMILES string of the molecule is CCOC(=O)COc1ccc(-c2ccc(Cn3ccc4nc(-c5cccc(F)c5F)nc-4c3)cc2)c(C(F)(F)F)c1. The van der Waals surface area contributed by atoms with Crippen molar-refractivity contribution in [3.8, 4) is 39.7 Å². The number of nitrogens with zero attached hydrogens (tertiary/aromatic N) is 3. The summed E-state index contributed by atoms with van der Waals surface area (Å²) in [7, 11) is 0. The molecule has 6 nitrogen and oxygen atoms in total. The zero-order valence-corrected chi connectivity index (χ0v) is 21.6. The standard InChI is InChI=1S/C30H22F5N3O3/c1-2-40-27(39)17-41-20-10-11-21(23(14-20)30(33,34)35)19-8-6-18(7-9-19)15-38-13-12-25-26(16-38)37-29(36-25)22-4-3-5-24(31)28(22)32/h3-14,16H,2,15,17H2,1H3. The molecule has 2 aliphatic rings. The van der Waals surface area contributed by atoms with Gasteiger partial charge in [-0.1, -0.05) is 36.4 Å². The van der Waals surface area contributed by atoms with Crippen molar-refractivity contribution in [3.05, 3.63) is 102 Å². The van der Waals surface area contributed by atoms with Gasteiger partial charge in [-0.3, -0.25) is 0 Å². The number of hydrogen-bond donors (Lipinski definition) is 0. The Bertz CT molecular complexity index is 1670. The number of aromatic nitrogens is 3. The van der Waals surface area contributed by atoms with Crippen LogP contribution in [0.25, 0.3) is 33.9 Å². The lowest BCUT2D eigenvalue weighted by atomic mass is 9.98. The van der Waals surface area contributed by atoms with Crippen LogP contribution in [-0.2, 0) is 22.3 Å². The summed E-state index contributed by atoms with van der Waals surface area (Å²) in [6.07, 6.45) is -1.21. The van der Waals surface area contributed by atoms with Gasteiger partial charge in [-0.15, -0.1) is 0 Å². The molecule has 0 unspecified atom stereocenters. The number of halogens is 5. The Hall–Kier alpha value is -4.80. The first-order valence-corrected chi connectivity index (χ1v) is 12.5. The van der Waals surface area contributed by atoms with E-state index in [1.165, 1.54) is 24.3 Å². The van der Waals surface area contributed by atoms with Crippen LogP contribution in [0, 0.1) is 11.6 Å². The summed E-state index contributed by atoms with van der Waals surface area (Å²) in [5.41, 5.74) is 1.16. The van der Waals surface area contributed by atoms with Crippen LogP contribution in [0.15, 0.2) is 79.1 Å². The molecular weight excluding hydrogens is 545 g/mol. The van der Waals surface area contributed by atoms with Crippen molar-refractivity contribution in [2.45, 2.75) is 19.6 Å². The minimum absolute atomic E-state index is 0.0363. The number of benzene rings is 3. The van der Waals surface area contributed by atoms with Gasteiger partial charge in [0.2, 0.25) is 0 Å². The van der Waals surface area contributed by atoms with Crippen molar-refractivity contribution in [2.24, 2.45) is 0 Å². The lowest BCUT2D eigenvalue weighted by Crippen LogP contribution is -2.15. The predicted octanol–water partition coefficient (Wildman–Crippen LogP) is 7.00. The lowest BCUT2D eigenvalue weighted by Gasteiger charge is -2.16. The quantitative estimate of drug-likeness (QED) is 0.149. The average Bonchev–Trinajstić information content (AvgIpc) is 3.37. The fraction of sp³-hybridized carbons (Fsp3) is 0.167. The predicted molar refractivity (Wildman–Crippen MR) is 140 cm³/mol. The van der Waals surface area contributed by atoms with E-state index in [9.17, 15) is 26.7 Å². The van der Waals surface area contributed by atoms with E-state index in [2.05, 4.69) is 9.97 Å². The van der Waals surface area contributed by atoms with Crippen molar-refractivity contribution >= 4 is 5.97 Å². The minimum Gasteiger partial charge on any atom is -0.482 e. The monoisotopic (exact) mass is 567 g/mol. The second-order valence-electron chi connectivity index (χ2n) is 9.03. The molecule has 0 fully saturated rings. The van der Waals surface area contributed by atoms with Gasteiger partial charge >= 0.3 is 12.1 Å². The maximum Gasteiger partial charge on any atom is 0.417 e. The molecule has 0 saturated heterocycles. The van der Waals surface area contributed by atoms with E-state index in [0.717, 1.165) is 17.7 Å². The first kappa shape index (κ1) is 27.8. The van der Waals surface area contributed by atoms with E-state index in [-0.39, 0.29) is 29.3 Å². The van der Waals surface area contributed by atoms with Gasteiger partial charge in [0.15, 0.2) is 24.1 Å². The first-order valence-electron chi connectivity index (χ1n) is 12.5. The van der Waals surface area contributed by atoms with Gasteiger partial charge in [-0.25, -0.2) is 23.5 Å². The Kier molecular flexibility index (Phi) is 7.69. The molecule has 0 amide bonds. The highest BCUT2D eigenvalue weighted by atomic mass is 19.4. The fourth-order valence-corrected chi connectivity index (χ4v) is 4.29. The summed E-state index contributed by atoms with van der Waals surface area (Å²) < 4.78 is 81.2. The molecule has 0 spiro atoms. The van der Waals surface area contributed by atoms with Crippen molar-refractivity contribution < 1.29 is 36.2 Å². The third-order valence-corrected chi connectivity index (χ3v) is 6.21. The maximum atomic E-state index is 14.2. The van der Waals surface area contributed by atoms with Gasteiger partial charge in [0.05, 0.1) is 23.4 Å². The van der Waals surface area contributed by atoms with Gasteiger partial charge in [0.25, 0.3) is 0 Å². The number of pyridine rings is 1. The van der Waals surface area contributed by atoms with E-state index in [1.807, 2.05) is 0 Å². The molecule has 210 valence electrons. The number of alkyl halides is 3. The molecule has 0 N–H and O–H groups in total. The fourth-order valence-electron chi connectivity index (χ4n) is 4.29. The number of esters is 1. The molecule has 11 heteroatoms. The second kappa shape index (κ2) is 11.4. The summed E-state index contributed by atoms with van der Waals surface area (Å²) in [6, 6.07) is 15.6. The van der Waals surface area contributed by atoms with Gasteiger partial charge < -0.3 is 14.0 Å². The molecule has 0 radical (unpaired) electrons. The van der Waals surface area contributed by atoms with E-state index in [4.69, 9.17) is 9.47 Å². The van der Waals surface area contributed by atoms with E-state index >= 15 is 0 Å². The molecule has 0 bridgehead atoms. The van der Waals surface area contributed by atoms with Crippen LogP contribution in [-0.4, -0.2) is 33.7 Å². The third-order valence-electron chi connectivity index (χ3n) is 6.21. The van der Waals surface area contributed by atoms with Crippen LogP contribution >= 0.6 is 0 Å². The molecule has 3 aromatic carbocycles. The molecule has 0 saturated carbocycles. The zero-order chi connectivity index (χ0) is 29.1. The molecule has 0 aromatic heterocycles. The number of carbonyl (C=O) groups is 1. The van der Waals surface area contributed by atoms with Gasteiger partial charge in [0, 0.05) is 18.9 Å². The molecule has 2 heterocycles. The summed E-state index contributed by atoms with van der Waals surface area (Å²) in [5, 5.41) is 0. The van der Waals surface area contributed by atoms with Crippen molar-refractivity contribution in [3.63, 3.8) is 0 Å². The maximum absolute atomic E-state index is 14.2. The van der Waals surface area contributed by atoms with Crippen molar-refractivity contribution in [2.75, 3.05) is 13.2 Å². The van der Waals surface area contributed by atoms with Gasteiger partial charge in [0.1, 0.15) is 11.4 Å². The van der Waals surface area contributed by atoms with Crippen molar-refractivity contribution in [1.29, 1.82) is 0 Å². The Labute approximate surface area is 231 Å². The van der Waals surface area contributed by atoms with Crippen molar-refractivity contribution in [1.82, 2.24) is 14.5 Å². The summed E-state index contributed by atoms with van der Waals surface area (Å²) >= 11 is 0. The second-order valence-corrected chi connectivity index (χ2v) is 9.03. The van der Waals surface area contributed by atoms with Gasteiger partial charge in [-0.05, 0) is 53.9 Å². The molecule has 3 aromatic rings. The van der Waals surface area contributed by atoms with Crippen LogP contribution in [0.5, 0.6) is 5.75 Å². The largest absolute Gasteiger partial charge is 0.482 e. The van der Waals surface area contributed by atoms with Crippen LogP contribution in [0.3, 0.4) is 0 Å². The highest BCUT2D eigenvalue weighted by molar-refractivity contribution is 5.72. The molecule has 0 atom stereocenters. The topological polar surface area (TPSA) is 66.2 Å². The van der Waals surface area contributed by atoms with E-state index in [0.29, 0.717) is 23.5 Å². The molecule has 0 aliphatic carbocycles. The summed E-state index contributed by atoms with van der Waals surface area (Å²) in [5.74, 6) is -2.73. The molecule has 41 heavy (non-hydrogen) atoms. The Morgan fingerprint density at radius 1 is 0.927 bits per heavy atom. The first-order chi connectivity index (χ1) is 19.6. The Balaban J connectivity index is 1.35. The zero-order valence-electron chi connectivity index (χ0n) is 21.6. The molecule has 2 aliphatic heterocycles. The number of fused-ring (bicyclic) bond motifs is 1. The smallest absolute Gasteiger partial charge is 0.417 e. The lowest BCUT2D eigenvalue weighted by molar-refractivity contribution is -0.145. The van der Waals surface area contributed by atoms with Crippen LogP contribution in [0.2, 0.25) is 0 Å². The normalized spacial score (nSPS) is 11.6. The number of hydrogen-bond acceptors (Lipinski definition) is 5. The summed E-state index contributed by atoms with van der Waals surface area (Å²) in [6.45, 7) is 1.63. The van der Waals surface area contributed by atoms with Gasteiger partial charge in [-0.2, -0.15) is 13.2 Å². The van der Waals surface area contributed by atoms with E-state index < -0.39 is 36.0 Å². The molecule has 5 rings (SSSR count). The molecular formula is C30H22F5N3O3. The van der Waals surface area contributed by atoms with Crippen LogP contribution in [0.4, 0.5) is 22.0 Å². The summed E-state index contributed by atoms with van der Waals surface area (Å²) in [4.78, 5) is 20.1. The average molecular weight is 568 g/mol. The Morgan fingerprint density at radius 2 is 1.68 bits per heavy atom.